The first kappa shape index (κ1) is 10.6. The number of hydrogen-bond donors (Lipinski definition) is 0. The molecule has 0 saturated carbocycles. The second-order valence-electron chi connectivity index (χ2n) is 3.39. The largest absolute Gasteiger partial charge is 0.192 e. The Morgan fingerprint density at radius 3 is 2.44 bits per heavy atom. The normalized spacial score (nSPS) is 9.81. The summed E-state index contributed by atoms with van der Waals surface area (Å²) in [5, 5.41) is 16.9. The van der Waals surface area contributed by atoms with Crippen LogP contribution in [0.4, 0.5) is 0 Å². The molecule has 1 aromatic heterocycles. The van der Waals surface area contributed by atoms with E-state index in [1.807, 2.05) is 19.1 Å². The molecule has 0 bridgehead atoms. The Morgan fingerprint density at radius 2 is 1.88 bits per heavy atom. The fraction of sp³-hybridized carbons (Fsp3) is 0.0833. The van der Waals surface area contributed by atoms with Crippen molar-refractivity contribution in [1.82, 2.24) is 10.2 Å². The van der Waals surface area contributed by atoms with Gasteiger partial charge in [0, 0.05) is 5.56 Å². The number of benzene rings is 1. The van der Waals surface area contributed by atoms with Crippen molar-refractivity contribution in [3.05, 3.63) is 46.6 Å². The fourth-order valence-electron chi connectivity index (χ4n) is 1.44. The average Bonchev–Trinajstić information content (AvgIpc) is 2.29. The topological polar surface area (TPSA) is 49.6 Å². The smallest absolute Gasteiger partial charge is 0.152 e. The lowest BCUT2D eigenvalue weighted by Gasteiger charge is -2.03. The second-order valence-corrected chi connectivity index (χ2v) is 3.78. The van der Waals surface area contributed by atoms with Gasteiger partial charge in [-0.05, 0) is 30.7 Å². The zero-order valence-corrected chi connectivity index (χ0v) is 9.36. The van der Waals surface area contributed by atoms with Gasteiger partial charge in [-0.3, -0.25) is 0 Å². The number of nitrogens with zero attached hydrogens (tertiary/aromatic N) is 3. The SMILES string of the molecule is Cc1cc(Cl)nnc1-c1ccc(C#N)cc1. The first-order valence-corrected chi connectivity index (χ1v) is 5.09. The van der Waals surface area contributed by atoms with Crippen LogP contribution < -0.4 is 0 Å². The molecule has 0 saturated heterocycles. The van der Waals surface area contributed by atoms with E-state index in [1.54, 1.807) is 18.2 Å². The van der Waals surface area contributed by atoms with Gasteiger partial charge in [0.05, 0.1) is 17.3 Å². The Bertz CT molecular complexity index is 555. The molecule has 1 aromatic carbocycles. The molecule has 0 amide bonds. The van der Waals surface area contributed by atoms with Crippen LogP contribution in [0.15, 0.2) is 30.3 Å². The Kier molecular flexibility index (Phi) is 2.84. The Hall–Kier alpha value is -1.92. The van der Waals surface area contributed by atoms with Gasteiger partial charge in [0.25, 0.3) is 0 Å². The van der Waals surface area contributed by atoms with Crippen LogP contribution in [0.1, 0.15) is 11.1 Å². The van der Waals surface area contributed by atoms with Crippen molar-refractivity contribution >= 4 is 11.6 Å². The van der Waals surface area contributed by atoms with Crippen molar-refractivity contribution < 1.29 is 0 Å². The predicted molar refractivity (Wildman–Crippen MR) is 61.9 cm³/mol. The molecule has 4 heteroatoms. The lowest BCUT2D eigenvalue weighted by molar-refractivity contribution is 1.02. The molecule has 0 fully saturated rings. The maximum Gasteiger partial charge on any atom is 0.152 e. The van der Waals surface area contributed by atoms with Crippen molar-refractivity contribution in [2.75, 3.05) is 0 Å². The van der Waals surface area contributed by atoms with E-state index < -0.39 is 0 Å². The number of nitriles is 1. The molecule has 2 aromatic rings. The highest BCUT2D eigenvalue weighted by atomic mass is 35.5. The standard InChI is InChI=1S/C12H8ClN3/c1-8-6-11(13)15-16-12(8)10-4-2-9(7-14)3-5-10/h2-6H,1H3. The highest BCUT2D eigenvalue weighted by Gasteiger charge is 2.05. The summed E-state index contributed by atoms with van der Waals surface area (Å²) >= 11 is 5.74. The van der Waals surface area contributed by atoms with Crippen LogP contribution in [0, 0.1) is 18.3 Å². The highest BCUT2D eigenvalue weighted by Crippen LogP contribution is 2.21. The Morgan fingerprint density at radius 1 is 1.19 bits per heavy atom. The zero-order chi connectivity index (χ0) is 11.5. The van der Waals surface area contributed by atoms with Gasteiger partial charge in [0.2, 0.25) is 0 Å². The van der Waals surface area contributed by atoms with Crippen molar-refractivity contribution in [2.24, 2.45) is 0 Å². The molecule has 0 radical (unpaired) electrons. The maximum atomic E-state index is 8.69. The fourth-order valence-corrected chi connectivity index (χ4v) is 1.64. The summed E-state index contributed by atoms with van der Waals surface area (Å²) in [4.78, 5) is 0. The third-order valence-corrected chi connectivity index (χ3v) is 2.43. The molecular weight excluding hydrogens is 222 g/mol. The van der Waals surface area contributed by atoms with E-state index in [4.69, 9.17) is 16.9 Å². The van der Waals surface area contributed by atoms with Crippen LogP contribution in [0.2, 0.25) is 5.15 Å². The molecule has 0 aliphatic rings. The van der Waals surface area contributed by atoms with Gasteiger partial charge in [0.15, 0.2) is 5.15 Å². The summed E-state index contributed by atoms with van der Waals surface area (Å²) in [7, 11) is 0. The van der Waals surface area contributed by atoms with Crippen LogP contribution >= 0.6 is 11.6 Å². The van der Waals surface area contributed by atoms with Crippen LogP contribution in [-0.4, -0.2) is 10.2 Å². The average molecular weight is 230 g/mol. The van der Waals surface area contributed by atoms with Crippen LogP contribution in [0.5, 0.6) is 0 Å². The third kappa shape index (κ3) is 2.02. The minimum Gasteiger partial charge on any atom is -0.192 e. The Balaban J connectivity index is 2.47. The van der Waals surface area contributed by atoms with E-state index >= 15 is 0 Å². The molecule has 2 rings (SSSR count). The van der Waals surface area contributed by atoms with E-state index in [9.17, 15) is 0 Å². The molecule has 0 aliphatic carbocycles. The molecular formula is C12H8ClN3. The lowest BCUT2D eigenvalue weighted by Crippen LogP contribution is -1.92. The number of hydrogen-bond acceptors (Lipinski definition) is 3. The summed E-state index contributed by atoms with van der Waals surface area (Å²) in [5.41, 5.74) is 3.31. The van der Waals surface area contributed by atoms with E-state index in [-0.39, 0.29) is 0 Å². The molecule has 0 aliphatic heterocycles. The summed E-state index contributed by atoms with van der Waals surface area (Å²) < 4.78 is 0. The monoisotopic (exact) mass is 229 g/mol. The summed E-state index contributed by atoms with van der Waals surface area (Å²) in [6.07, 6.45) is 0. The van der Waals surface area contributed by atoms with Crippen LogP contribution in [-0.2, 0) is 0 Å². The molecule has 0 atom stereocenters. The molecule has 0 N–H and O–H groups in total. The number of aromatic nitrogens is 2. The lowest BCUT2D eigenvalue weighted by atomic mass is 10.1. The Labute approximate surface area is 98.3 Å². The summed E-state index contributed by atoms with van der Waals surface area (Å²) in [5.74, 6) is 0. The third-order valence-electron chi connectivity index (χ3n) is 2.24. The zero-order valence-electron chi connectivity index (χ0n) is 8.61. The first-order valence-electron chi connectivity index (χ1n) is 4.71. The van der Waals surface area contributed by atoms with Crippen LogP contribution in [0.25, 0.3) is 11.3 Å². The van der Waals surface area contributed by atoms with Gasteiger partial charge in [-0.1, -0.05) is 23.7 Å². The second kappa shape index (κ2) is 4.30. The van der Waals surface area contributed by atoms with Crippen LogP contribution in [0.3, 0.4) is 0 Å². The minimum absolute atomic E-state index is 0.384. The van der Waals surface area contributed by atoms with E-state index in [0.29, 0.717) is 10.7 Å². The first-order chi connectivity index (χ1) is 7.70. The van der Waals surface area contributed by atoms with Crippen molar-refractivity contribution in [2.45, 2.75) is 6.92 Å². The predicted octanol–water partition coefficient (Wildman–Crippen LogP) is 2.98. The van der Waals surface area contributed by atoms with E-state index in [1.165, 1.54) is 0 Å². The van der Waals surface area contributed by atoms with E-state index in [0.717, 1.165) is 16.8 Å². The van der Waals surface area contributed by atoms with Crippen molar-refractivity contribution in [3.8, 4) is 17.3 Å². The van der Waals surface area contributed by atoms with Gasteiger partial charge in [-0.2, -0.15) is 5.26 Å². The van der Waals surface area contributed by atoms with Gasteiger partial charge in [-0.25, -0.2) is 0 Å². The van der Waals surface area contributed by atoms with Gasteiger partial charge in [-0.15, -0.1) is 10.2 Å². The van der Waals surface area contributed by atoms with Gasteiger partial charge < -0.3 is 0 Å². The minimum atomic E-state index is 0.384. The van der Waals surface area contributed by atoms with Gasteiger partial charge >= 0.3 is 0 Å². The van der Waals surface area contributed by atoms with Gasteiger partial charge in [0.1, 0.15) is 0 Å². The number of halogens is 1. The maximum absolute atomic E-state index is 8.69. The number of rotatable bonds is 1. The summed E-state index contributed by atoms with van der Waals surface area (Å²) in [6.45, 7) is 1.92. The molecule has 0 unspecified atom stereocenters. The molecule has 16 heavy (non-hydrogen) atoms. The number of aryl methyl sites for hydroxylation is 1. The van der Waals surface area contributed by atoms with E-state index in [2.05, 4.69) is 16.3 Å². The molecule has 1 heterocycles. The molecule has 3 nitrogen and oxygen atoms in total. The molecule has 78 valence electrons. The van der Waals surface area contributed by atoms with Crippen molar-refractivity contribution in [3.63, 3.8) is 0 Å². The summed E-state index contributed by atoms with van der Waals surface area (Å²) in [6, 6.07) is 11.0. The highest BCUT2D eigenvalue weighted by molar-refractivity contribution is 6.29. The van der Waals surface area contributed by atoms with Crippen molar-refractivity contribution in [1.29, 1.82) is 5.26 Å². The quantitative estimate of drug-likeness (QED) is 0.755. The molecule has 0 spiro atoms.